The fourth-order valence-electron chi connectivity index (χ4n) is 1.78. The van der Waals surface area contributed by atoms with E-state index in [2.05, 4.69) is 25.7 Å². The lowest BCUT2D eigenvalue weighted by Crippen LogP contribution is -2.37. The van der Waals surface area contributed by atoms with Crippen LogP contribution in [0.3, 0.4) is 0 Å². The molecule has 1 aliphatic heterocycles. The van der Waals surface area contributed by atoms with Crippen LogP contribution in [-0.2, 0) is 0 Å². The average Bonchev–Trinajstić information content (AvgIpc) is 2.04. The van der Waals surface area contributed by atoms with Gasteiger partial charge in [-0.05, 0) is 26.8 Å². The van der Waals surface area contributed by atoms with Gasteiger partial charge < -0.3 is 0 Å². The standard InChI is InChI=1S/C8H16FN/c1-4-10-6-7(9)5-8(10,2)3/h7H,4-6H2,1-3H3/t7-/m0/s1. The second-order valence-corrected chi connectivity index (χ2v) is 3.65. The molecule has 1 atom stereocenters. The van der Waals surface area contributed by atoms with Crippen molar-refractivity contribution in [2.45, 2.75) is 38.9 Å². The van der Waals surface area contributed by atoms with Crippen LogP contribution in [0.25, 0.3) is 0 Å². The Bertz CT molecular complexity index is 122. The number of likely N-dealkylation sites (tertiary alicyclic amines) is 1. The van der Waals surface area contributed by atoms with Crippen LogP contribution in [0.1, 0.15) is 27.2 Å². The zero-order valence-electron chi connectivity index (χ0n) is 7.02. The van der Waals surface area contributed by atoms with Crippen LogP contribution in [-0.4, -0.2) is 29.7 Å². The minimum absolute atomic E-state index is 0.0914. The predicted octanol–water partition coefficient (Wildman–Crippen LogP) is 1.83. The number of hydrogen-bond donors (Lipinski definition) is 0. The number of alkyl halides is 1. The molecule has 0 aromatic heterocycles. The molecular formula is C8H16FN. The summed E-state index contributed by atoms with van der Waals surface area (Å²) in [6.07, 6.45) is 0.0934. The fraction of sp³-hybridized carbons (Fsp3) is 1.00. The molecule has 0 aromatic carbocycles. The van der Waals surface area contributed by atoms with Crippen molar-refractivity contribution in [3.8, 4) is 0 Å². The summed E-state index contributed by atoms with van der Waals surface area (Å²) < 4.78 is 12.8. The number of nitrogens with zero attached hydrogens (tertiary/aromatic N) is 1. The van der Waals surface area contributed by atoms with Gasteiger partial charge in [-0.3, -0.25) is 4.90 Å². The van der Waals surface area contributed by atoms with Crippen molar-refractivity contribution in [3.05, 3.63) is 0 Å². The second-order valence-electron chi connectivity index (χ2n) is 3.65. The summed E-state index contributed by atoms with van der Waals surface area (Å²) in [5, 5.41) is 0. The highest BCUT2D eigenvalue weighted by Crippen LogP contribution is 2.29. The number of hydrogen-bond acceptors (Lipinski definition) is 1. The maximum absolute atomic E-state index is 12.8. The van der Waals surface area contributed by atoms with Gasteiger partial charge in [-0.25, -0.2) is 4.39 Å². The van der Waals surface area contributed by atoms with Gasteiger partial charge in [0.1, 0.15) is 6.17 Å². The average molecular weight is 145 g/mol. The topological polar surface area (TPSA) is 3.24 Å². The molecule has 1 nitrogen and oxygen atoms in total. The first-order valence-electron chi connectivity index (χ1n) is 3.95. The summed E-state index contributed by atoms with van der Waals surface area (Å²) in [6, 6.07) is 0. The van der Waals surface area contributed by atoms with Crippen LogP contribution in [0.2, 0.25) is 0 Å². The third-order valence-electron chi connectivity index (χ3n) is 2.38. The van der Waals surface area contributed by atoms with E-state index >= 15 is 0 Å². The minimum Gasteiger partial charge on any atom is -0.295 e. The molecular weight excluding hydrogens is 129 g/mol. The Morgan fingerprint density at radius 2 is 2.20 bits per heavy atom. The van der Waals surface area contributed by atoms with Gasteiger partial charge in [0, 0.05) is 12.1 Å². The van der Waals surface area contributed by atoms with E-state index < -0.39 is 6.17 Å². The van der Waals surface area contributed by atoms with Gasteiger partial charge in [0.05, 0.1) is 0 Å². The van der Waals surface area contributed by atoms with Crippen LogP contribution < -0.4 is 0 Å². The number of halogens is 1. The molecule has 0 radical (unpaired) electrons. The molecule has 1 rings (SSSR count). The summed E-state index contributed by atoms with van der Waals surface area (Å²) >= 11 is 0. The van der Waals surface area contributed by atoms with E-state index in [1.54, 1.807) is 0 Å². The lowest BCUT2D eigenvalue weighted by atomic mass is 10.0. The van der Waals surface area contributed by atoms with E-state index in [-0.39, 0.29) is 5.54 Å². The van der Waals surface area contributed by atoms with Crippen LogP contribution in [0.15, 0.2) is 0 Å². The maximum atomic E-state index is 12.8. The van der Waals surface area contributed by atoms with Crippen LogP contribution in [0.4, 0.5) is 4.39 Å². The first kappa shape index (κ1) is 7.99. The van der Waals surface area contributed by atoms with Crippen LogP contribution in [0.5, 0.6) is 0 Å². The van der Waals surface area contributed by atoms with Gasteiger partial charge >= 0.3 is 0 Å². The van der Waals surface area contributed by atoms with Crippen molar-refractivity contribution in [3.63, 3.8) is 0 Å². The molecule has 1 saturated heterocycles. The molecule has 60 valence electrons. The van der Waals surface area contributed by atoms with E-state index in [9.17, 15) is 4.39 Å². The monoisotopic (exact) mass is 145 g/mol. The lowest BCUT2D eigenvalue weighted by molar-refractivity contribution is 0.184. The highest BCUT2D eigenvalue weighted by molar-refractivity contribution is 4.92. The van der Waals surface area contributed by atoms with Gasteiger partial charge in [-0.2, -0.15) is 0 Å². The quantitative estimate of drug-likeness (QED) is 0.544. The summed E-state index contributed by atoms with van der Waals surface area (Å²) in [5.74, 6) is 0. The first-order chi connectivity index (χ1) is 4.56. The largest absolute Gasteiger partial charge is 0.295 e. The van der Waals surface area contributed by atoms with Crippen molar-refractivity contribution >= 4 is 0 Å². The molecule has 0 aromatic rings. The third kappa shape index (κ3) is 1.31. The molecule has 0 spiro atoms. The Kier molecular flexibility index (Phi) is 1.99. The SMILES string of the molecule is CCN1C[C@@H](F)CC1(C)C. The van der Waals surface area contributed by atoms with Gasteiger partial charge in [0.15, 0.2) is 0 Å². The maximum Gasteiger partial charge on any atom is 0.114 e. The smallest absolute Gasteiger partial charge is 0.114 e. The molecule has 0 N–H and O–H groups in total. The summed E-state index contributed by atoms with van der Waals surface area (Å²) in [4.78, 5) is 2.19. The summed E-state index contributed by atoms with van der Waals surface area (Å²) in [6.45, 7) is 7.89. The van der Waals surface area contributed by atoms with Crippen LogP contribution in [0, 0.1) is 0 Å². The second kappa shape index (κ2) is 2.50. The zero-order valence-corrected chi connectivity index (χ0v) is 7.02. The van der Waals surface area contributed by atoms with Crippen molar-refractivity contribution in [1.82, 2.24) is 4.90 Å². The molecule has 0 amide bonds. The van der Waals surface area contributed by atoms with Gasteiger partial charge in [-0.15, -0.1) is 0 Å². The minimum atomic E-state index is -0.602. The molecule has 0 saturated carbocycles. The van der Waals surface area contributed by atoms with E-state index in [1.165, 1.54) is 0 Å². The zero-order chi connectivity index (χ0) is 7.78. The molecule has 1 aliphatic rings. The van der Waals surface area contributed by atoms with Crippen molar-refractivity contribution in [1.29, 1.82) is 0 Å². The van der Waals surface area contributed by atoms with Crippen LogP contribution >= 0.6 is 0 Å². The summed E-state index contributed by atoms with van der Waals surface area (Å²) in [7, 11) is 0. The van der Waals surface area contributed by atoms with E-state index in [4.69, 9.17) is 0 Å². The molecule has 1 fully saturated rings. The van der Waals surface area contributed by atoms with Gasteiger partial charge in [0.2, 0.25) is 0 Å². The third-order valence-corrected chi connectivity index (χ3v) is 2.38. The molecule has 0 unspecified atom stereocenters. The molecule has 0 bridgehead atoms. The highest BCUT2D eigenvalue weighted by atomic mass is 19.1. The molecule has 1 heterocycles. The molecule has 10 heavy (non-hydrogen) atoms. The predicted molar refractivity (Wildman–Crippen MR) is 40.8 cm³/mol. The van der Waals surface area contributed by atoms with E-state index in [0.717, 1.165) is 6.54 Å². The Hall–Kier alpha value is -0.110. The number of rotatable bonds is 1. The van der Waals surface area contributed by atoms with Gasteiger partial charge in [0.25, 0.3) is 0 Å². The Morgan fingerprint density at radius 3 is 2.40 bits per heavy atom. The fourth-order valence-corrected chi connectivity index (χ4v) is 1.78. The highest BCUT2D eigenvalue weighted by Gasteiger charge is 2.36. The lowest BCUT2D eigenvalue weighted by Gasteiger charge is -2.29. The Balaban J connectivity index is 2.58. The molecule has 2 heteroatoms. The molecule has 0 aliphatic carbocycles. The Morgan fingerprint density at radius 1 is 1.60 bits per heavy atom. The van der Waals surface area contributed by atoms with E-state index in [0.29, 0.717) is 13.0 Å². The van der Waals surface area contributed by atoms with Crippen molar-refractivity contribution < 1.29 is 4.39 Å². The van der Waals surface area contributed by atoms with Gasteiger partial charge in [-0.1, -0.05) is 6.92 Å². The van der Waals surface area contributed by atoms with Crippen molar-refractivity contribution in [2.75, 3.05) is 13.1 Å². The van der Waals surface area contributed by atoms with E-state index in [1.807, 2.05) is 0 Å². The normalized spacial score (nSPS) is 33.0. The first-order valence-corrected chi connectivity index (χ1v) is 3.95. The van der Waals surface area contributed by atoms with Crippen molar-refractivity contribution in [2.24, 2.45) is 0 Å². The summed E-state index contributed by atoms with van der Waals surface area (Å²) in [5.41, 5.74) is 0.0914. The Labute approximate surface area is 62.2 Å².